The van der Waals surface area contributed by atoms with E-state index in [9.17, 15) is 19.5 Å². The minimum atomic E-state index is -1.13. The Labute approximate surface area is 196 Å². The van der Waals surface area contributed by atoms with Crippen molar-refractivity contribution in [2.75, 3.05) is 30.4 Å². The van der Waals surface area contributed by atoms with Gasteiger partial charge in [0.1, 0.15) is 5.82 Å². The molecule has 1 saturated heterocycles. The molecule has 0 radical (unpaired) electrons. The molecule has 0 spiro atoms. The van der Waals surface area contributed by atoms with Gasteiger partial charge < -0.3 is 26.0 Å². The molecule has 3 aromatic rings. The highest BCUT2D eigenvalue weighted by Gasteiger charge is 2.26. The molecular formula is C25H25N5O4. The van der Waals surface area contributed by atoms with Crippen LogP contribution in [-0.2, 0) is 6.54 Å². The quantitative estimate of drug-likeness (QED) is 0.483. The van der Waals surface area contributed by atoms with E-state index in [0.29, 0.717) is 43.1 Å². The van der Waals surface area contributed by atoms with Gasteiger partial charge in [0.25, 0.3) is 11.8 Å². The third kappa shape index (κ3) is 5.15. The van der Waals surface area contributed by atoms with Crippen molar-refractivity contribution in [3.63, 3.8) is 0 Å². The SMILES string of the molecule is Nc1ccc(CNC(=O)c2ccc(N3CCCN(C(=O)c4ccccc4C(=O)O)C3)nc2)cc1. The summed E-state index contributed by atoms with van der Waals surface area (Å²) in [4.78, 5) is 44.9. The zero-order chi connectivity index (χ0) is 24.1. The van der Waals surface area contributed by atoms with E-state index < -0.39 is 5.97 Å². The van der Waals surface area contributed by atoms with Crippen LogP contribution in [0.5, 0.6) is 0 Å². The predicted octanol–water partition coefficient (Wildman–Crippen LogP) is 2.60. The van der Waals surface area contributed by atoms with Crippen LogP contribution in [0.25, 0.3) is 0 Å². The minimum Gasteiger partial charge on any atom is -0.478 e. The number of anilines is 2. The molecule has 1 aliphatic rings. The Bertz CT molecular complexity index is 1190. The van der Waals surface area contributed by atoms with Crippen LogP contribution in [0.4, 0.5) is 11.5 Å². The second-order valence-corrected chi connectivity index (χ2v) is 8.01. The number of amides is 2. The Morgan fingerprint density at radius 3 is 2.38 bits per heavy atom. The second-order valence-electron chi connectivity index (χ2n) is 8.01. The van der Waals surface area contributed by atoms with Crippen molar-refractivity contribution in [2.24, 2.45) is 0 Å². The summed E-state index contributed by atoms with van der Waals surface area (Å²) >= 11 is 0. The summed E-state index contributed by atoms with van der Waals surface area (Å²) in [6.07, 6.45) is 2.22. The molecule has 0 aliphatic carbocycles. The Kier molecular flexibility index (Phi) is 6.72. The molecule has 0 bridgehead atoms. The first-order chi connectivity index (χ1) is 16.4. The number of rotatable bonds is 6. The maximum atomic E-state index is 13.0. The smallest absolute Gasteiger partial charge is 0.336 e. The van der Waals surface area contributed by atoms with Crippen LogP contribution < -0.4 is 16.0 Å². The number of nitrogens with two attached hydrogens (primary N) is 1. The lowest BCUT2D eigenvalue weighted by Crippen LogP contribution is -2.48. The van der Waals surface area contributed by atoms with Crippen molar-refractivity contribution < 1.29 is 19.5 Å². The fourth-order valence-electron chi connectivity index (χ4n) is 3.81. The van der Waals surface area contributed by atoms with Gasteiger partial charge in [0, 0.05) is 31.5 Å². The molecule has 9 heteroatoms. The number of carboxylic acids is 1. The highest BCUT2D eigenvalue weighted by atomic mass is 16.4. The van der Waals surface area contributed by atoms with E-state index in [-0.39, 0.29) is 29.6 Å². The minimum absolute atomic E-state index is 0.0166. The number of aromatic carboxylic acids is 1. The van der Waals surface area contributed by atoms with Gasteiger partial charge in [-0.1, -0.05) is 24.3 Å². The Balaban J connectivity index is 1.39. The van der Waals surface area contributed by atoms with Crippen LogP contribution in [-0.4, -0.2) is 52.5 Å². The fourth-order valence-corrected chi connectivity index (χ4v) is 3.81. The van der Waals surface area contributed by atoms with Crippen LogP contribution in [0.3, 0.4) is 0 Å². The fraction of sp³-hybridized carbons (Fsp3) is 0.200. The van der Waals surface area contributed by atoms with Crippen LogP contribution in [0.15, 0.2) is 66.9 Å². The lowest BCUT2D eigenvalue weighted by atomic mass is 10.1. The summed E-state index contributed by atoms with van der Waals surface area (Å²) in [6, 6.07) is 16.9. The van der Waals surface area contributed by atoms with E-state index in [0.717, 1.165) is 5.56 Å². The predicted molar refractivity (Wildman–Crippen MR) is 128 cm³/mol. The summed E-state index contributed by atoms with van der Waals surface area (Å²) in [7, 11) is 0. The van der Waals surface area contributed by atoms with Gasteiger partial charge >= 0.3 is 5.97 Å². The molecule has 2 amide bonds. The Hall–Kier alpha value is -4.40. The first-order valence-electron chi connectivity index (χ1n) is 10.9. The van der Waals surface area contributed by atoms with Crippen molar-refractivity contribution in [3.8, 4) is 0 Å². The molecular weight excluding hydrogens is 434 g/mol. The van der Waals surface area contributed by atoms with Crippen LogP contribution in [0, 0.1) is 0 Å². The number of nitrogens with zero attached hydrogens (tertiary/aromatic N) is 3. The number of nitrogens with one attached hydrogen (secondary N) is 1. The number of nitrogen functional groups attached to an aromatic ring is 1. The third-order valence-corrected chi connectivity index (χ3v) is 5.64. The highest BCUT2D eigenvalue weighted by Crippen LogP contribution is 2.19. The van der Waals surface area contributed by atoms with Crippen molar-refractivity contribution in [1.29, 1.82) is 0 Å². The summed E-state index contributed by atoms with van der Waals surface area (Å²) in [5.41, 5.74) is 7.86. The first-order valence-corrected chi connectivity index (χ1v) is 10.9. The van der Waals surface area contributed by atoms with Crippen LogP contribution in [0.1, 0.15) is 43.1 Å². The summed E-state index contributed by atoms with van der Waals surface area (Å²) in [5.74, 6) is -1.07. The summed E-state index contributed by atoms with van der Waals surface area (Å²) < 4.78 is 0. The average Bonchev–Trinajstić information content (AvgIpc) is 2.88. The van der Waals surface area contributed by atoms with Gasteiger partial charge in [-0.2, -0.15) is 0 Å². The largest absolute Gasteiger partial charge is 0.478 e. The van der Waals surface area contributed by atoms with Gasteiger partial charge in [0.05, 0.1) is 23.4 Å². The highest BCUT2D eigenvalue weighted by molar-refractivity contribution is 6.04. The number of hydrogen-bond acceptors (Lipinski definition) is 6. The maximum Gasteiger partial charge on any atom is 0.336 e. The molecule has 2 aromatic carbocycles. The van der Waals surface area contributed by atoms with Crippen molar-refractivity contribution in [3.05, 3.63) is 89.1 Å². The monoisotopic (exact) mass is 459 g/mol. The number of carboxylic acid groups (broad SMARTS) is 1. The molecule has 0 unspecified atom stereocenters. The molecule has 9 nitrogen and oxygen atoms in total. The normalized spacial score (nSPS) is 13.4. The average molecular weight is 460 g/mol. The van der Waals surface area contributed by atoms with E-state index in [1.807, 2.05) is 17.0 Å². The van der Waals surface area contributed by atoms with E-state index in [2.05, 4.69) is 10.3 Å². The molecule has 1 fully saturated rings. The number of pyridine rings is 1. The number of benzene rings is 2. The van der Waals surface area contributed by atoms with Gasteiger partial charge in [0.2, 0.25) is 0 Å². The molecule has 0 atom stereocenters. The van der Waals surface area contributed by atoms with Crippen LogP contribution in [0.2, 0.25) is 0 Å². The standard InChI is InChI=1S/C25H25N5O4/c26-19-9-6-17(7-10-19)14-28-23(31)18-8-11-22(27-15-18)29-12-3-13-30(16-29)24(32)20-4-1-2-5-21(20)25(33)34/h1-2,4-11,15H,3,12-14,16,26H2,(H,28,31)(H,33,34). The summed E-state index contributed by atoms with van der Waals surface area (Å²) in [6.45, 7) is 1.87. The second kappa shape index (κ2) is 10.0. The first kappa shape index (κ1) is 22.8. The van der Waals surface area contributed by atoms with E-state index in [1.54, 1.807) is 41.3 Å². The summed E-state index contributed by atoms with van der Waals surface area (Å²) in [5, 5.41) is 12.3. The van der Waals surface area contributed by atoms with Gasteiger partial charge in [-0.25, -0.2) is 9.78 Å². The molecule has 4 rings (SSSR count). The van der Waals surface area contributed by atoms with Gasteiger partial charge in [0.15, 0.2) is 0 Å². The molecule has 34 heavy (non-hydrogen) atoms. The zero-order valence-corrected chi connectivity index (χ0v) is 18.5. The van der Waals surface area contributed by atoms with E-state index in [4.69, 9.17) is 5.73 Å². The van der Waals surface area contributed by atoms with Crippen LogP contribution >= 0.6 is 0 Å². The molecule has 174 valence electrons. The Morgan fingerprint density at radius 2 is 1.71 bits per heavy atom. The number of aromatic nitrogens is 1. The van der Waals surface area contributed by atoms with Crippen molar-refractivity contribution in [2.45, 2.75) is 13.0 Å². The molecule has 1 aromatic heterocycles. The zero-order valence-electron chi connectivity index (χ0n) is 18.5. The molecule has 2 heterocycles. The van der Waals surface area contributed by atoms with E-state index >= 15 is 0 Å². The third-order valence-electron chi connectivity index (χ3n) is 5.64. The molecule has 0 saturated carbocycles. The molecule has 4 N–H and O–H groups in total. The molecule has 1 aliphatic heterocycles. The number of hydrogen-bond donors (Lipinski definition) is 3. The van der Waals surface area contributed by atoms with Crippen molar-refractivity contribution in [1.82, 2.24) is 15.2 Å². The number of carbonyl (C=O) groups is 3. The Morgan fingerprint density at radius 1 is 0.971 bits per heavy atom. The maximum absolute atomic E-state index is 13.0. The van der Waals surface area contributed by atoms with Crippen molar-refractivity contribution >= 4 is 29.3 Å². The van der Waals surface area contributed by atoms with E-state index in [1.165, 1.54) is 18.3 Å². The van der Waals surface area contributed by atoms with Gasteiger partial charge in [-0.05, 0) is 48.4 Å². The number of carbonyl (C=O) groups excluding carboxylic acids is 2. The lowest BCUT2D eigenvalue weighted by molar-refractivity contribution is 0.0669. The van der Waals surface area contributed by atoms with Gasteiger partial charge in [-0.3, -0.25) is 9.59 Å². The topological polar surface area (TPSA) is 129 Å². The van der Waals surface area contributed by atoms with Gasteiger partial charge in [-0.15, -0.1) is 0 Å². The lowest BCUT2D eigenvalue weighted by Gasteiger charge is -2.36.